The Bertz CT molecular complexity index is 849. The Balaban J connectivity index is 2.07. The highest BCUT2D eigenvalue weighted by atomic mass is 16.6. The summed E-state index contributed by atoms with van der Waals surface area (Å²) < 4.78 is 5.20. The van der Waals surface area contributed by atoms with E-state index in [0.717, 1.165) is 11.6 Å². The highest BCUT2D eigenvalue weighted by Crippen LogP contribution is 2.28. The standard InChI is InChI=1S/C19H21N3O5/c1-4-27-17-10-7-14(11-16(17)22(25)26)19(24)21(3)12-18(23)20-15-8-5-13(2)6-9-15/h5-11H,4,12H2,1-3H3,(H,20,23). The molecular weight excluding hydrogens is 350 g/mol. The first-order valence-electron chi connectivity index (χ1n) is 8.35. The molecule has 2 amide bonds. The van der Waals surface area contributed by atoms with Gasteiger partial charge >= 0.3 is 5.69 Å². The van der Waals surface area contributed by atoms with E-state index in [1.165, 1.54) is 24.1 Å². The molecule has 0 aliphatic heterocycles. The molecule has 27 heavy (non-hydrogen) atoms. The number of hydrogen-bond donors (Lipinski definition) is 1. The largest absolute Gasteiger partial charge is 0.487 e. The number of likely N-dealkylation sites (N-methyl/N-ethyl adjacent to an activating group) is 1. The number of nitrogens with zero attached hydrogens (tertiary/aromatic N) is 2. The molecular formula is C19H21N3O5. The van der Waals surface area contributed by atoms with Gasteiger partial charge in [0.15, 0.2) is 5.75 Å². The SMILES string of the molecule is CCOc1ccc(C(=O)N(C)CC(=O)Nc2ccc(C)cc2)cc1[N+](=O)[O-]. The zero-order valence-electron chi connectivity index (χ0n) is 15.4. The van der Waals surface area contributed by atoms with E-state index >= 15 is 0 Å². The number of carbonyl (C=O) groups excluding carboxylic acids is 2. The van der Waals surface area contributed by atoms with Crippen LogP contribution in [0.2, 0.25) is 0 Å². The smallest absolute Gasteiger partial charge is 0.311 e. The van der Waals surface area contributed by atoms with Crippen LogP contribution >= 0.6 is 0 Å². The highest BCUT2D eigenvalue weighted by Gasteiger charge is 2.21. The molecule has 0 aromatic heterocycles. The van der Waals surface area contributed by atoms with Crippen LogP contribution in [-0.4, -0.2) is 41.8 Å². The maximum Gasteiger partial charge on any atom is 0.311 e. The molecule has 0 atom stereocenters. The number of amides is 2. The van der Waals surface area contributed by atoms with Crippen LogP contribution in [0.1, 0.15) is 22.8 Å². The first kappa shape index (κ1) is 19.9. The van der Waals surface area contributed by atoms with Crippen LogP contribution in [-0.2, 0) is 4.79 Å². The lowest BCUT2D eigenvalue weighted by atomic mass is 10.1. The third-order valence-electron chi connectivity index (χ3n) is 3.77. The van der Waals surface area contributed by atoms with Gasteiger partial charge in [0.05, 0.1) is 18.1 Å². The fourth-order valence-electron chi connectivity index (χ4n) is 2.42. The lowest BCUT2D eigenvalue weighted by molar-refractivity contribution is -0.385. The fraction of sp³-hybridized carbons (Fsp3) is 0.263. The van der Waals surface area contributed by atoms with E-state index in [1.807, 2.05) is 19.1 Å². The van der Waals surface area contributed by atoms with Gasteiger partial charge in [-0.3, -0.25) is 19.7 Å². The number of benzene rings is 2. The molecule has 0 saturated carbocycles. The van der Waals surface area contributed by atoms with Crippen molar-refractivity contribution >= 4 is 23.2 Å². The number of nitrogens with one attached hydrogen (secondary N) is 1. The van der Waals surface area contributed by atoms with Crippen molar-refractivity contribution in [1.82, 2.24) is 4.90 Å². The molecule has 0 bridgehead atoms. The summed E-state index contributed by atoms with van der Waals surface area (Å²) in [6.07, 6.45) is 0. The van der Waals surface area contributed by atoms with Gasteiger partial charge in [-0.25, -0.2) is 0 Å². The molecule has 0 aliphatic rings. The average molecular weight is 371 g/mol. The average Bonchev–Trinajstić information content (AvgIpc) is 2.63. The lowest BCUT2D eigenvalue weighted by Gasteiger charge is -2.17. The number of anilines is 1. The van der Waals surface area contributed by atoms with Gasteiger partial charge in [-0.2, -0.15) is 0 Å². The molecule has 2 aromatic rings. The van der Waals surface area contributed by atoms with Crippen molar-refractivity contribution in [2.24, 2.45) is 0 Å². The minimum absolute atomic E-state index is 0.0961. The summed E-state index contributed by atoms with van der Waals surface area (Å²) in [4.78, 5) is 36.4. The molecule has 0 heterocycles. The van der Waals surface area contributed by atoms with Gasteiger partial charge in [0, 0.05) is 24.4 Å². The van der Waals surface area contributed by atoms with E-state index in [9.17, 15) is 19.7 Å². The van der Waals surface area contributed by atoms with Crippen molar-refractivity contribution in [2.45, 2.75) is 13.8 Å². The minimum Gasteiger partial charge on any atom is -0.487 e. The third-order valence-corrected chi connectivity index (χ3v) is 3.77. The molecule has 8 nitrogen and oxygen atoms in total. The Morgan fingerprint density at radius 3 is 2.44 bits per heavy atom. The second-order valence-corrected chi connectivity index (χ2v) is 5.95. The summed E-state index contributed by atoms with van der Waals surface area (Å²) in [5.74, 6) is -0.769. The second-order valence-electron chi connectivity index (χ2n) is 5.95. The van der Waals surface area contributed by atoms with Gasteiger partial charge in [-0.1, -0.05) is 17.7 Å². The number of carbonyl (C=O) groups is 2. The van der Waals surface area contributed by atoms with Crippen molar-refractivity contribution in [3.8, 4) is 5.75 Å². The third kappa shape index (κ3) is 5.27. The van der Waals surface area contributed by atoms with Gasteiger partial charge in [0.1, 0.15) is 0 Å². The van der Waals surface area contributed by atoms with E-state index in [1.54, 1.807) is 19.1 Å². The van der Waals surface area contributed by atoms with Crippen LogP contribution in [0.4, 0.5) is 11.4 Å². The number of aryl methyl sites for hydroxylation is 1. The van der Waals surface area contributed by atoms with Crippen molar-refractivity contribution in [3.63, 3.8) is 0 Å². The van der Waals surface area contributed by atoms with Gasteiger partial charge < -0.3 is 15.0 Å². The van der Waals surface area contributed by atoms with E-state index in [0.29, 0.717) is 5.69 Å². The Labute approximate surface area is 156 Å². The molecule has 8 heteroatoms. The molecule has 0 unspecified atom stereocenters. The van der Waals surface area contributed by atoms with Crippen molar-refractivity contribution in [2.75, 3.05) is 25.5 Å². The van der Waals surface area contributed by atoms with E-state index < -0.39 is 10.8 Å². The molecule has 1 N–H and O–H groups in total. The highest BCUT2D eigenvalue weighted by molar-refractivity contribution is 5.99. The van der Waals surface area contributed by atoms with Crippen LogP contribution in [0, 0.1) is 17.0 Å². The summed E-state index contributed by atoms with van der Waals surface area (Å²) in [6, 6.07) is 11.2. The first-order valence-corrected chi connectivity index (χ1v) is 8.35. The maximum atomic E-state index is 12.5. The monoisotopic (exact) mass is 371 g/mol. The number of rotatable bonds is 7. The van der Waals surface area contributed by atoms with Crippen LogP contribution in [0.5, 0.6) is 5.75 Å². The first-order chi connectivity index (χ1) is 12.8. The molecule has 2 rings (SSSR count). The molecule has 0 fully saturated rings. The summed E-state index contributed by atoms with van der Waals surface area (Å²) in [7, 11) is 1.46. The molecule has 0 spiro atoms. The molecule has 0 radical (unpaired) electrons. The van der Waals surface area contributed by atoms with Gasteiger partial charge in [0.25, 0.3) is 5.91 Å². The van der Waals surface area contributed by atoms with Crippen LogP contribution in [0.15, 0.2) is 42.5 Å². The van der Waals surface area contributed by atoms with E-state index in [4.69, 9.17) is 4.74 Å². The molecule has 0 aliphatic carbocycles. The van der Waals surface area contributed by atoms with Gasteiger partial charge in [-0.05, 0) is 38.1 Å². The van der Waals surface area contributed by atoms with Crippen LogP contribution < -0.4 is 10.1 Å². The predicted molar refractivity (Wildman–Crippen MR) is 101 cm³/mol. The van der Waals surface area contributed by atoms with Crippen LogP contribution in [0.3, 0.4) is 0 Å². The minimum atomic E-state index is -0.605. The summed E-state index contributed by atoms with van der Waals surface area (Å²) >= 11 is 0. The van der Waals surface area contributed by atoms with E-state index in [2.05, 4.69) is 5.32 Å². The fourth-order valence-corrected chi connectivity index (χ4v) is 2.42. The van der Waals surface area contributed by atoms with Gasteiger partial charge in [0.2, 0.25) is 5.91 Å². The Kier molecular flexibility index (Phi) is 6.48. The lowest BCUT2D eigenvalue weighted by Crippen LogP contribution is -2.34. The zero-order chi connectivity index (χ0) is 20.0. The number of ether oxygens (including phenoxy) is 1. The Hall–Kier alpha value is -3.42. The molecule has 0 saturated heterocycles. The maximum absolute atomic E-state index is 12.5. The van der Waals surface area contributed by atoms with Crippen LogP contribution in [0.25, 0.3) is 0 Å². The Morgan fingerprint density at radius 1 is 1.19 bits per heavy atom. The van der Waals surface area contributed by atoms with Crippen molar-refractivity contribution in [1.29, 1.82) is 0 Å². The summed E-state index contributed by atoms with van der Waals surface area (Å²) in [5, 5.41) is 13.9. The number of hydrogen-bond acceptors (Lipinski definition) is 5. The van der Waals surface area contributed by atoms with E-state index in [-0.39, 0.29) is 36.1 Å². The summed E-state index contributed by atoms with van der Waals surface area (Å²) in [5.41, 5.74) is 1.51. The van der Waals surface area contributed by atoms with Crippen molar-refractivity contribution in [3.05, 3.63) is 63.7 Å². The molecule has 2 aromatic carbocycles. The number of nitro benzene ring substituents is 1. The Morgan fingerprint density at radius 2 is 1.85 bits per heavy atom. The topological polar surface area (TPSA) is 102 Å². The van der Waals surface area contributed by atoms with Crippen molar-refractivity contribution < 1.29 is 19.2 Å². The predicted octanol–water partition coefficient (Wildman–Crippen LogP) is 3.01. The zero-order valence-corrected chi connectivity index (χ0v) is 15.4. The molecule has 142 valence electrons. The summed E-state index contributed by atoms with van der Waals surface area (Å²) in [6.45, 7) is 3.73. The normalized spacial score (nSPS) is 10.2. The quantitative estimate of drug-likeness (QED) is 0.595. The number of nitro groups is 1. The second kappa shape index (κ2) is 8.79. The van der Waals surface area contributed by atoms with Gasteiger partial charge in [-0.15, -0.1) is 0 Å².